The van der Waals surface area contributed by atoms with E-state index < -0.39 is 0 Å². The van der Waals surface area contributed by atoms with Crippen LogP contribution in [-0.4, -0.2) is 13.1 Å². The van der Waals surface area contributed by atoms with Crippen LogP contribution in [0.1, 0.15) is 19.1 Å². The number of para-hydroxylation sites is 1. The molecular weight excluding hydrogens is 222 g/mol. The van der Waals surface area contributed by atoms with Crippen molar-refractivity contribution in [3.8, 4) is 0 Å². The number of rotatable bonds is 4. The van der Waals surface area contributed by atoms with Crippen LogP contribution < -0.4 is 5.32 Å². The van der Waals surface area contributed by atoms with Crippen molar-refractivity contribution in [3.63, 3.8) is 0 Å². The van der Waals surface area contributed by atoms with Crippen LogP contribution in [0, 0.1) is 0 Å². The van der Waals surface area contributed by atoms with E-state index in [-0.39, 0.29) is 0 Å². The van der Waals surface area contributed by atoms with Crippen LogP contribution in [0.25, 0.3) is 11.0 Å². The first-order chi connectivity index (χ1) is 7.70. The van der Waals surface area contributed by atoms with Crippen molar-refractivity contribution in [2.24, 2.45) is 0 Å². The molecule has 0 aliphatic heterocycles. The second-order valence-electron chi connectivity index (χ2n) is 4.10. The van der Waals surface area contributed by atoms with Crippen LogP contribution in [0.3, 0.4) is 0 Å². The van der Waals surface area contributed by atoms with Gasteiger partial charge >= 0.3 is 0 Å². The fourth-order valence-corrected chi connectivity index (χ4v) is 1.93. The van der Waals surface area contributed by atoms with Gasteiger partial charge in [0, 0.05) is 17.8 Å². The Bertz CT molecular complexity index is 478. The van der Waals surface area contributed by atoms with Crippen molar-refractivity contribution in [2.75, 3.05) is 7.05 Å². The van der Waals surface area contributed by atoms with Gasteiger partial charge in [0.2, 0.25) is 0 Å². The minimum Gasteiger partial charge on any atom is -0.460 e. The number of furan rings is 1. The van der Waals surface area contributed by atoms with Gasteiger partial charge in [0.1, 0.15) is 5.76 Å². The van der Waals surface area contributed by atoms with E-state index in [1.807, 2.05) is 25.2 Å². The summed E-state index contributed by atoms with van der Waals surface area (Å²) >= 11 is 6.05. The molecule has 86 valence electrons. The molecule has 1 atom stereocenters. The second kappa shape index (κ2) is 4.89. The fourth-order valence-electron chi connectivity index (χ4n) is 1.71. The van der Waals surface area contributed by atoms with Crippen LogP contribution in [-0.2, 0) is 6.42 Å². The minimum absolute atomic E-state index is 0.503. The number of aryl methyl sites for hydroxylation is 1. The van der Waals surface area contributed by atoms with Crippen molar-refractivity contribution >= 4 is 22.6 Å². The van der Waals surface area contributed by atoms with Gasteiger partial charge in [-0.25, -0.2) is 0 Å². The zero-order valence-corrected chi connectivity index (χ0v) is 10.3. The Kier molecular flexibility index (Phi) is 3.52. The first-order valence-corrected chi connectivity index (χ1v) is 5.92. The highest BCUT2D eigenvalue weighted by Crippen LogP contribution is 2.27. The van der Waals surface area contributed by atoms with Crippen molar-refractivity contribution in [1.29, 1.82) is 0 Å². The summed E-state index contributed by atoms with van der Waals surface area (Å²) in [5, 5.41) is 4.98. The van der Waals surface area contributed by atoms with E-state index in [0.29, 0.717) is 11.1 Å². The highest BCUT2D eigenvalue weighted by atomic mass is 35.5. The Hall–Kier alpha value is -0.990. The molecule has 1 aromatic heterocycles. The van der Waals surface area contributed by atoms with Gasteiger partial charge in [-0.15, -0.1) is 0 Å². The van der Waals surface area contributed by atoms with Crippen molar-refractivity contribution in [3.05, 3.63) is 35.0 Å². The molecule has 0 fully saturated rings. The van der Waals surface area contributed by atoms with Crippen molar-refractivity contribution in [1.82, 2.24) is 5.32 Å². The van der Waals surface area contributed by atoms with E-state index in [1.54, 1.807) is 0 Å². The maximum atomic E-state index is 6.05. The van der Waals surface area contributed by atoms with Gasteiger partial charge < -0.3 is 9.73 Å². The summed E-state index contributed by atoms with van der Waals surface area (Å²) < 4.78 is 5.73. The molecule has 0 bridgehead atoms. The van der Waals surface area contributed by atoms with Gasteiger partial charge in [-0.3, -0.25) is 0 Å². The van der Waals surface area contributed by atoms with E-state index >= 15 is 0 Å². The van der Waals surface area contributed by atoms with Gasteiger partial charge in [-0.2, -0.15) is 0 Å². The maximum Gasteiger partial charge on any atom is 0.152 e. The topological polar surface area (TPSA) is 25.2 Å². The third kappa shape index (κ3) is 2.39. The van der Waals surface area contributed by atoms with E-state index in [9.17, 15) is 0 Å². The van der Waals surface area contributed by atoms with Crippen LogP contribution in [0.2, 0.25) is 5.02 Å². The highest BCUT2D eigenvalue weighted by Gasteiger charge is 2.07. The van der Waals surface area contributed by atoms with Crippen LogP contribution >= 0.6 is 11.6 Å². The molecule has 1 aromatic carbocycles. The predicted octanol–water partition coefficient (Wildman–Crippen LogP) is 3.63. The largest absolute Gasteiger partial charge is 0.460 e. The summed E-state index contributed by atoms with van der Waals surface area (Å²) in [6.45, 7) is 2.16. The van der Waals surface area contributed by atoms with E-state index in [0.717, 1.165) is 29.6 Å². The minimum atomic E-state index is 0.503. The number of hydrogen-bond donors (Lipinski definition) is 1. The Morgan fingerprint density at radius 3 is 2.94 bits per heavy atom. The van der Waals surface area contributed by atoms with Crippen LogP contribution in [0.4, 0.5) is 0 Å². The average molecular weight is 238 g/mol. The third-order valence-electron chi connectivity index (χ3n) is 2.86. The van der Waals surface area contributed by atoms with E-state index in [2.05, 4.69) is 18.3 Å². The van der Waals surface area contributed by atoms with Gasteiger partial charge in [0.25, 0.3) is 0 Å². The second-order valence-corrected chi connectivity index (χ2v) is 4.51. The van der Waals surface area contributed by atoms with Gasteiger partial charge in [0.05, 0.1) is 5.02 Å². The monoisotopic (exact) mass is 237 g/mol. The summed E-state index contributed by atoms with van der Waals surface area (Å²) in [5.74, 6) is 1.00. The summed E-state index contributed by atoms with van der Waals surface area (Å²) in [7, 11) is 1.97. The molecule has 1 heterocycles. The highest BCUT2D eigenvalue weighted by molar-refractivity contribution is 6.34. The summed E-state index contributed by atoms with van der Waals surface area (Å²) in [6, 6.07) is 8.40. The van der Waals surface area contributed by atoms with E-state index in [4.69, 9.17) is 16.0 Å². The summed E-state index contributed by atoms with van der Waals surface area (Å²) in [5.41, 5.74) is 0.802. The zero-order chi connectivity index (χ0) is 11.5. The lowest BCUT2D eigenvalue weighted by molar-refractivity contribution is 0.497. The SMILES string of the molecule is CNC(C)CCc1cc2cccc(Cl)c2o1. The Morgan fingerprint density at radius 2 is 2.25 bits per heavy atom. The first kappa shape index (κ1) is 11.5. The number of fused-ring (bicyclic) bond motifs is 1. The van der Waals surface area contributed by atoms with Crippen LogP contribution in [0.15, 0.2) is 28.7 Å². The molecule has 1 unspecified atom stereocenters. The normalized spacial score (nSPS) is 13.2. The van der Waals surface area contributed by atoms with Gasteiger partial charge in [-0.05, 0) is 32.5 Å². The summed E-state index contributed by atoms with van der Waals surface area (Å²) in [4.78, 5) is 0. The molecule has 2 rings (SSSR count). The molecule has 0 saturated heterocycles. The zero-order valence-electron chi connectivity index (χ0n) is 9.59. The smallest absolute Gasteiger partial charge is 0.152 e. The van der Waals surface area contributed by atoms with Gasteiger partial charge in [-0.1, -0.05) is 23.7 Å². The molecule has 0 aliphatic carbocycles. The number of benzene rings is 1. The number of halogens is 1. The molecule has 1 N–H and O–H groups in total. The lowest BCUT2D eigenvalue weighted by Gasteiger charge is -2.07. The molecule has 2 nitrogen and oxygen atoms in total. The third-order valence-corrected chi connectivity index (χ3v) is 3.16. The Labute approximate surface area is 101 Å². The van der Waals surface area contributed by atoms with Crippen molar-refractivity contribution in [2.45, 2.75) is 25.8 Å². The molecule has 0 amide bonds. The standard InChI is InChI=1S/C13H16ClNO/c1-9(15-2)6-7-11-8-10-4-3-5-12(14)13(10)16-11/h3-5,8-9,15H,6-7H2,1-2H3. The lowest BCUT2D eigenvalue weighted by atomic mass is 10.1. The molecule has 0 spiro atoms. The fraction of sp³-hybridized carbons (Fsp3) is 0.385. The quantitative estimate of drug-likeness (QED) is 0.879. The molecule has 16 heavy (non-hydrogen) atoms. The van der Waals surface area contributed by atoms with E-state index in [1.165, 1.54) is 0 Å². The average Bonchev–Trinajstić information content (AvgIpc) is 2.70. The summed E-state index contributed by atoms with van der Waals surface area (Å²) in [6.07, 6.45) is 2.00. The Morgan fingerprint density at radius 1 is 1.44 bits per heavy atom. The lowest BCUT2D eigenvalue weighted by Crippen LogP contribution is -2.21. The first-order valence-electron chi connectivity index (χ1n) is 5.55. The number of hydrogen-bond acceptors (Lipinski definition) is 2. The predicted molar refractivity (Wildman–Crippen MR) is 68.1 cm³/mol. The number of nitrogens with one attached hydrogen (secondary N) is 1. The molecule has 0 aliphatic rings. The van der Waals surface area contributed by atoms with Crippen molar-refractivity contribution < 1.29 is 4.42 Å². The van der Waals surface area contributed by atoms with Gasteiger partial charge in [0.15, 0.2) is 5.58 Å². The molecular formula is C13H16ClNO. The van der Waals surface area contributed by atoms with Crippen LogP contribution in [0.5, 0.6) is 0 Å². The maximum absolute atomic E-state index is 6.05. The molecule has 3 heteroatoms. The Balaban J connectivity index is 2.17. The molecule has 2 aromatic rings. The molecule has 0 saturated carbocycles. The molecule has 0 radical (unpaired) electrons.